The number of anilines is 1. The number of nitrogens with zero attached hydrogens (tertiary/aromatic N) is 3. The van der Waals surface area contributed by atoms with Crippen molar-refractivity contribution >= 4 is 17.5 Å². The predicted octanol–water partition coefficient (Wildman–Crippen LogP) is 2.53. The van der Waals surface area contributed by atoms with E-state index in [0.717, 1.165) is 24.1 Å². The second kappa shape index (κ2) is 6.48. The molecule has 0 saturated heterocycles. The van der Waals surface area contributed by atoms with Crippen molar-refractivity contribution in [1.82, 2.24) is 10.1 Å². The first-order valence-corrected chi connectivity index (χ1v) is 8.78. The minimum Gasteiger partial charge on any atom is -0.497 e. The summed E-state index contributed by atoms with van der Waals surface area (Å²) in [6, 6.07) is 7.53. The van der Waals surface area contributed by atoms with Gasteiger partial charge in [-0.15, -0.1) is 0 Å². The number of methoxy groups -OCH3 is 1. The van der Waals surface area contributed by atoms with Crippen molar-refractivity contribution in [3.8, 4) is 5.75 Å². The Morgan fingerprint density at radius 3 is 2.77 bits per heavy atom. The van der Waals surface area contributed by atoms with Gasteiger partial charge in [-0.2, -0.15) is 0 Å². The molecule has 1 aromatic heterocycles. The van der Waals surface area contributed by atoms with E-state index in [-0.39, 0.29) is 17.6 Å². The third kappa shape index (κ3) is 3.05. The van der Waals surface area contributed by atoms with E-state index in [1.807, 2.05) is 23.1 Å². The number of ether oxygens (including phenoxy) is 1. The molecule has 0 atom stereocenters. The number of amides is 2. The van der Waals surface area contributed by atoms with E-state index >= 15 is 0 Å². The lowest BCUT2D eigenvalue weighted by molar-refractivity contribution is -0.132. The topological polar surface area (TPSA) is 75.9 Å². The molecule has 2 aliphatic rings. The average molecular weight is 355 g/mol. The van der Waals surface area contributed by atoms with E-state index in [1.54, 1.807) is 25.0 Å². The van der Waals surface area contributed by atoms with E-state index in [0.29, 0.717) is 37.0 Å². The third-order valence-corrected chi connectivity index (χ3v) is 4.86. The van der Waals surface area contributed by atoms with Crippen molar-refractivity contribution in [2.75, 3.05) is 18.6 Å². The molecule has 0 unspecified atom stereocenters. The zero-order chi connectivity index (χ0) is 18.3. The molecule has 7 nitrogen and oxygen atoms in total. The SMILES string of the molecule is COc1ccc2c(c1)CN(C1CC1)C(=O)CCN2C(=O)c1cc(C)no1. The summed E-state index contributed by atoms with van der Waals surface area (Å²) in [5.74, 6) is 0.670. The fraction of sp³-hybridized carbons (Fsp3) is 0.421. The van der Waals surface area contributed by atoms with Gasteiger partial charge in [0.2, 0.25) is 11.7 Å². The fourth-order valence-corrected chi connectivity index (χ4v) is 3.35. The summed E-state index contributed by atoms with van der Waals surface area (Å²) in [6.45, 7) is 2.55. The lowest BCUT2D eigenvalue weighted by Gasteiger charge is -2.32. The van der Waals surface area contributed by atoms with E-state index < -0.39 is 0 Å². The smallest absolute Gasteiger partial charge is 0.296 e. The third-order valence-electron chi connectivity index (χ3n) is 4.86. The number of aryl methyl sites for hydroxylation is 1. The molecule has 0 N–H and O–H groups in total. The second-order valence-electron chi connectivity index (χ2n) is 6.79. The van der Waals surface area contributed by atoms with E-state index in [9.17, 15) is 9.59 Å². The lowest BCUT2D eigenvalue weighted by Crippen LogP contribution is -2.41. The van der Waals surface area contributed by atoms with Gasteiger partial charge in [-0.25, -0.2) is 0 Å². The van der Waals surface area contributed by atoms with Gasteiger partial charge in [0.15, 0.2) is 0 Å². The maximum atomic E-state index is 13.0. The Kier molecular flexibility index (Phi) is 4.14. The van der Waals surface area contributed by atoms with Gasteiger partial charge in [0.1, 0.15) is 5.75 Å². The predicted molar refractivity (Wildman–Crippen MR) is 94.1 cm³/mol. The van der Waals surface area contributed by atoms with Gasteiger partial charge in [0.25, 0.3) is 5.91 Å². The molecule has 1 aromatic carbocycles. The van der Waals surface area contributed by atoms with E-state index in [4.69, 9.17) is 9.26 Å². The van der Waals surface area contributed by atoms with Gasteiger partial charge >= 0.3 is 0 Å². The van der Waals surface area contributed by atoms with Gasteiger partial charge in [-0.05, 0) is 43.5 Å². The number of hydrogen-bond acceptors (Lipinski definition) is 5. The van der Waals surface area contributed by atoms with Gasteiger partial charge in [-0.3, -0.25) is 9.59 Å². The van der Waals surface area contributed by atoms with Crippen LogP contribution >= 0.6 is 0 Å². The highest BCUT2D eigenvalue weighted by molar-refractivity contribution is 6.05. The first-order chi connectivity index (χ1) is 12.6. The Morgan fingerprint density at radius 2 is 2.12 bits per heavy atom. The molecular formula is C19H21N3O4. The Morgan fingerprint density at radius 1 is 1.31 bits per heavy atom. The summed E-state index contributed by atoms with van der Waals surface area (Å²) in [5.41, 5.74) is 2.32. The average Bonchev–Trinajstić information content (AvgIpc) is 3.38. The van der Waals surface area contributed by atoms with Crippen LogP contribution < -0.4 is 9.64 Å². The molecule has 1 saturated carbocycles. The summed E-state index contributed by atoms with van der Waals surface area (Å²) in [5, 5.41) is 3.80. The molecule has 2 aromatic rings. The number of fused-ring (bicyclic) bond motifs is 1. The van der Waals surface area contributed by atoms with Crippen LogP contribution in [0.3, 0.4) is 0 Å². The van der Waals surface area contributed by atoms with Crippen molar-refractivity contribution in [3.05, 3.63) is 41.3 Å². The zero-order valence-corrected chi connectivity index (χ0v) is 14.9. The van der Waals surface area contributed by atoms with Crippen molar-refractivity contribution < 1.29 is 18.8 Å². The van der Waals surface area contributed by atoms with Crippen molar-refractivity contribution in [2.45, 2.75) is 38.8 Å². The van der Waals surface area contributed by atoms with Crippen LogP contribution in [0.2, 0.25) is 0 Å². The molecule has 1 aliphatic heterocycles. The number of carbonyl (C=O) groups excluding carboxylic acids is 2. The van der Waals surface area contributed by atoms with Crippen molar-refractivity contribution in [2.24, 2.45) is 0 Å². The van der Waals surface area contributed by atoms with Crippen LogP contribution in [0.25, 0.3) is 0 Å². The van der Waals surface area contributed by atoms with Crippen LogP contribution in [-0.2, 0) is 11.3 Å². The number of rotatable bonds is 3. The highest BCUT2D eigenvalue weighted by Crippen LogP contribution is 2.35. The van der Waals surface area contributed by atoms with Crippen LogP contribution in [-0.4, -0.2) is 41.6 Å². The molecule has 26 heavy (non-hydrogen) atoms. The monoisotopic (exact) mass is 355 g/mol. The lowest BCUT2D eigenvalue weighted by atomic mass is 10.1. The number of hydrogen-bond donors (Lipinski definition) is 0. The molecule has 0 bridgehead atoms. The Balaban J connectivity index is 1.74. The molecule has 136 valence electrons. The fourth-order valence-electron chi connectivity index (χ4n) is 3.35. The molecular weight excluding hydrogens is 334 g/mol. The molecule has 2 amide bonds. The maximum Gasteiger partial charge on any atom is 0.296 e. The van der Waals surface area contributed by atoms with Crippen LogP contribution in [0.1, 0.15) is 41.1 Å². The summed E-state index contributed by atoms with van der Waals surface area (Å²) in [7, 11) is 1.61. The summed E-state index contributed by atoms with van der Waals surface area (Å²) in [4.78, 5) is 29.1. The molecule has 2 heterocycles. The maximum absolute atomic E-state index is 13.0. The number of carbonyl (C=O) groups is 2. The molecule has 0 radical (unpaired) electrons. The van der Waals surface area contributed by atoms with Gasteiger partial charge in [0, 0.05) is 37.3 Å². The van der Waals surface area contributed by atoms with Crippen LogP contribution in [0.5, 0.6) is 5.75 Å². The summed E-state index contributed by atoms with van der Waals surface area (Å²) >= 11 is 0. The summed E-state index contributed by atoms with van der Waals surface area (Å²) < 4.78 is 10.5. The number of aromatic nitrogens is 1. The normalized spacial score (nSPS) is 17.5. The van der Waals surface area contributed by atoms with Crippen molar-refractivity contribution in [3.63, 3.8) is 0 Å². The quantitative estimate of drug-likeness (QED) is 0.846. The Labute approximate surface area is 151 Å². The van der Waals surface area contributed by atoms with Crippen LogP contribution in [0.15, 0.2) is 28.8 Å². The molecule has 0 spiro atoms. The van der Waals surface area contributed by atoms with Gasteiger partial charge < -0.3 is 19.1 Å². The van der Waals surface area contributed by atoms with Gasteiger partial charge in [0.05, 0.1) is 12.8 Å². The highest BCUT2D eigenvalue weighted by Gasteiger charge is 2.36. The molecule has 4 rings (SSSR count). The van der Waals surface area contributed by atoms with Crippen LogP contribution in [0.4, 0.5) is 5.69 Å². The molecule has 1 aliphatic carbocycles. The molecule has 1 fully saturated rings. The van der Waals surface area contributed by atoms with Gasteiger partial charge in [-0.1, -0.05) is 5.16 Å². The first-order valence-electron chi connectivity index (χ1n) is 8.78. The van der Waals surface area contributed by atoms with Crippen molar-refractivity contribution in [1.29, 1.82) is 0 Å². The summed E-state index contributed by atoms with van der Waals surface area (Å²) in [6.07, 6.45) is 2.39. The van der Waals surface area contributed by atoms with E-state index in [2.05, 4.69) is 5.16 Å². The largest absolute Gasteiger partial charge is 0.497 e. The minimum absolute atomic E-state index is 0.0764. The highest BCUT2D eigenvalue weighted by atomic mass is 16.5. The van der Waals surface area contributed by atoms with Crippen LogP contribution in [0, 0.1) is 6.92 Å². The Bertz CT molecular complexity index is 856. The zero-order valence-electron chi connectivity index (χ0n) is 14.9. The standard InChI is InChI=1S/C19H21N3O4/c1-12-9-17(26-20-12)19(24)21-8-7-18(23)22(14-3-4-14)11-13-10-15(25-2)5-6-16(13)21/h5-6,9-10,14H,3-4,7-8,11H2,1-2H3. The minimum atomic E-state index is -0.287. The number of benzene rings is 1. The molecule has 7 heteroatoms. The first kappa shape index (κ1) is 16.6. The van der Waals surface area contributed by atoms with E-state index in [1.165, 1.54) is 0 Å². The second-order valence-corrected chi connectivity index (χ2v) is 6.79. The Hall–Kier alpha value is -2.83.